The van der Waals surface area contributed by atoms with Crippen LogP contribution in [0.15, 0.2) is 48.8 Å². The molecule has 2 rings (SSSR count). The lowest BCUT2D eigenvalue weighted by Gasteiger charge is -2.15. The number of hydrogen-bond donors (Lipinski definition) is 0. The van der Waals surface area contributed by atoms with Gasteiger partial charge in [-0.25, -0.2) is 0 Å². The molecule has 0 saturated carbocycles. The van der Waals surface area contributed by atoms with Gasteiger partial charge in [-0.3, -0.25) is 4.98 Å². The fourth-order valence-electron chi connectivity index (χ4n) is 1.43. The van der Waals surface area contributed by atoms with Crippen LogP contribution in [0.1, 0.15) is 5.56 Å². The number of benzene rings is 1. The van der Waals surface area contributed by atoms with Crippen LogP contribution in [0.5, 0.6) is 5.75 Å². The highest BCUT2D eigenvalue weighted by atomic mass is 19.4. The van der Waals surface area contributed by atoms with E-state index in [-0.39, 0.29) is 6.61 Å². The van der Waals surface area contributed by atoms with Crippen LogP contribution in [0.3, 0.4) is 0 Å². The Morgan fingerprint density at radius 3 is 2.33 bits per heavy atom. The van der Waals surface area contributed by atoms with Gasteiger partial charge >= 0.3 is 6.98 Å². The molecule has 1 aromatic heterocycles. The van der Waals surface area contributed by atoms with Gasteiger partial charge in [-0.15, -0.1) is 5.46 Å². The summed E-state index contributed by atoms with van der Waals surface area (Å²) in [6.45, 7) is -4.66. The van der Waals surface area contributed by atoms with E-state index >= 15 is 0 Å². The number of aromatic nitrogens is 1. The Morgan fingerprint density at radius 1 is 1.06 bits per heavy atom. The molecule has 0 bridgehead atoms. The van der Waals surface area contributed by atoms with E-state index in [1.54, 1.807) is 18.5 Å². The van der Waals surface area contributed by atoms with Crippen molar-refractivity contribution >= 4 is 12.4 Å². The lowest BCUT2D eigenvalue weighted by atomic mass is 9.80. The van der Waals surface area contributed by atoms with Crippen molar-refractivity contribution in [2.75, 3.05) is 0 Å². The standard InChI is InChI=1S/C12H10BF3NO/c14-13(15,16)11-3-5-12(6-4-11)18-9-10-2-1-7-17-8-10/h1-8H,9H2/q-1. The first-order valence-corrected chi connectivity index (χ1v) is 5.37. The van der Waals surface area contributed by atoms with E-state index in [2.05, 4.69) is 4.98 Å². The smallest absolute Gasteiger partial charge is 0.489 e. The molecule has 0 fully saturated rings. The minimum atomic E-state index is -4.94. The lowest BCUT2D eigenvalue weighted by Crippen LogP contribution is -2.33. The fourth-order valence-corrected chi connectivity index (χ4v) is 1.43. The highest BCUT2D eigenvalue weighted by molar-refractivity contribution is 6.73. The molecular formula is C12H10BF3NO-. The zero-order valence-electron chi connectivity index (χ0n) is 9.39. The van der Waals surface area contributed by atoms with E-state index in [0.717, 1.165) is 17.7 Å². The molecule has 0 N–H and O–H groups in total. The molecule has 18 heavy (non-hydrogen) atoms. The third-order valence-electron chi connectivity index (χ3n) is 2.39. The van der Waals surface area contributed by atoms with Crippen molar-refractivity contribution in [2.45, 2.75) is 6.61 Å². The second kappa shape index (κ2) is 5.12. The number of nitrogens with zero attached hydrogens (tertiary/aromatic N) is 1. The van der Waals surface area contributed by atoms with Crippen molar-refractivity contribution in [1.29, 1.82) is 0 Å². The van der Waals surface area contributed by atoms with Crippen LogP contribution in [-0.2, 0) is 6.61 Å². The minimum absolute atomic E-state index is 0.282. The van der Waals surface area contributed by atoms with E-state index in [1.807, 2.05) is 6.07 Å². The predicted octanol–water partition coefficient (Wildman–Crippen LogP) is 2.72. The summed E-state index contributed by atoms with van der Waals surface area (Å²) in [7, 11) is 0. The SMILES string of the molecule is F[B-](F)(F)c1ccc(OCc2cccnc2)cc1. The van der Waals surface area contributed by atoms with E-state index in [4.69, 9.17) is 4.74 Å². The Balaban J connectivity index is 1.99. The van der Waals surface area contributed by atoms with Crippen LogP contribution in [0.4, 0.5) is 12.9 Å². The maximum Gasteiger partial charge on any atom is 0.509 e. The number of pyridine rings is 1. The van der Waals surface area contributed by atoms with E-state index < -0.39 is 12.4 Å². The summed E-state index contributed by atoms with van der Waals surface area (Å²) in [4.78, 5) is 3.92. The van der Waals surface area contributed by atoms with Gasteiger partial charge in [0.1, 0.15) is 12.4 Å². The van der Waals surface area contributed by atoms with Crippen LogP contribution in [0.25, 0.3) is 0 Å². The van der Waals surface area contributed by atoms with Crippen LogP contribution in [-0.4, -0.2) is 12.0 Å². The quantitative estimate of drug-likeness (QED) is 0.780. The van der Waals surface area contributed by atoms with Crippen molar-refractivity contribution < 1.29 is 17.7 Å². The maximum absolute atomic E-state index is 12.4. The van der Waals surface area contributed by atoms with Gasteiger partial charge in [-0.1, -0.05) is 18.2 Å². The van der Waals surface area contributed by atoms with Crippen LogP contribution < -0.4 is 10.2 Å². The molecule has 0 aliphatic heterocycles. The van der Waals surface area contributed by atoms with E-state index in [1.165, 1.54) is 12.1 Å². The normalized spacial score (nSPS) is 11.3. The molecule has 0 spiro atoms. The Bertz CT molecular complexity index is 499. The lowest BCUT2D eigenvalue weighted by molar-refractivity contribution is 0.306. The van der Waals surface area contributed by atoms with Crippen LogP contribution in [0, 0.1) is 0 Å². The first kappa shape index (κ1) is 12.5. The maximum atomic E-state index is 12.4. The molecule has 0 unspecified atom stereocenters. The summed E-state index contributed by atoms with van der Waals surface area (Å²) in [5, 5.41) is 0. The summed E-state index contributed by atoms with van der Waals surface area (Å²) in [6.07, 6.45) is 3.29. The topological polar surface area (TPSA) is 22.1 Å². The minimum Gasteiger partial charge on any atom is -0.489 e. The molecule has 0 atom stereocenters. The summed E-state index contributed by atoms with van der Waals surface area (Å²) < 4.78 is 42.5. The van der Waals surface area contributed by atoms with Crippen molar-refractivity contribution in [3.8, 4) is 5.75 Å². The largest absolute Gasteiger partial charge is 0.509 e. The van der Waals surface area contributed by atoms with Crippen molar-refractivity contribution in [3.05, 3.63) is 54.4 Å². The van der Waals surface area contributed by atoms with Gasteiger partial charge in [0.2, 0.25) is 0 Å². The molecule has 0 aliphatic rings. The van der Waals surface area contributed by atoms with Crippen molar-refractivity contribution in [2.24, 2.45) is 0 Å². The highest BCUT2D eigenvalue weighted by Gasteiger charge is 2.24. The molecule has 1 heterocycles. The van der Waals surface area contributed by atoms with E-state index in [9.17, 15) is 12.9 Å². The number of ether oxygens (including phenoxy) is 1. The second-order valence-corrected chi connectivity index (χ2v) is 3.79. The van der Waals surface area contributed by atoms with E-state index in [0.29, 0.717) is 5.75 Å². The average Bonchev–Trinajstić information content (AvgIpc) is 2.37. The Hall–Kier alpha value is -1.98. The summed E-state index contributed by atoms with van der Waals surface area (Å²) in [5.74, 6) is 0.405. The molecule has 6 heteroatoms. The van der Waals surface area contributed by atoms with Gasteiger partial charge in [0.25, 0.3) is 0 Å². The first-order valence-electron chi connectivity index (χ1n) is 5.37. The molecule has 1 aromatic carbocycles. The Kier molecular flexibility index (Phi) is 3.55. The molecule has 0 aliphatic carbocycles. The van der Waals surface area contributed by atoms with Crippen LogP contribution >= 0.6 is 0 Å². The third kappa shape index (κ3) is 3.26. The summed E-state index contributed by atoms with van der Waals surface area (Å²) >= 11 is 0. The average molecular weight is 252 g/mol. The second-order valence-electron chi connectivity index (χ2n) is 3.79. The Morgan fingerprint density at radius 2 is 1.78 bits per heavy atom. The number of halogens is 3. The van der Waals surface area contributed by atoms with Gasteiger partial charge in [-0.05, 0) is 18.2 Å². The number of rotatable bonds is 4. The summed E-state index contributed by atoms with van der Waals surface area (Å²) in [6, 6.07) is 8.30. The number of hydrogen-bond acceptors (Lipinski definition) is 2. The zero-order chi connectivity index (χ0) is 13.0. The van der Waals surface area contributed by atoms with Gasteiger partial charge in [0.15, 0.2) is 0 Å². The van der Waals surface area contributed by atoms with Gasteiger partial charge in [-0.2, -0.15) is 0 Å². The molecule has 94 valence electrons. The van der Waals surface area contributed by atoms with Crippen LogP contribution in [0.2, 0.25) is 0 Å². The fraction of sp³-hybridized carbons (Fsp3) is 0.0833. The Labute approximate surface area is 102 Å². The van der Waals surface area contributed by atoms with Crippen molar-refractivity contribution in [1.82, 2.24) is 4.98 Å². The molecule has 2 aromatic rings. The first-order chi connectivity index (χ1) is 8.55. The molecule has 0 amide bonds. The van der Waals surface area contributed by atoms with Crippen molar-refractivity contribution in [3.63, 3.8) is 0 Å². The third-order valence-corrected chi connectivity index (χ3v) is 2.39. The highest BCUT2D eigenvalue weighted by Crippen LogP contribution is 2.14. The molecule has 2 nitrogen and oxygen atoms in total. The van der Waals surface area contributed by atoms with Gasteiger partial charge in [0, 0.05) is 18.0 Å². The molecule has 0 saturated heterocycles. The molecular weight excluding hydrogens is 242 g/mol. The van der Waals surface area contributed by atoms with Gasteiger partial charge in [0.05, 0.1) is 0 Å². The zero-order valence-corrected chi connectivity index (χ0v) is 9.39. The molecule has 0 radical (unpaired) electrons. The predicted molar refractivity (Wildman–Crippen MR) is 63.7 cm³/mol. The monoisotopic (exact) mass is 252 g/mol. The summed E-state index contributed by atoms with van der Waals surface area (Å²) in [5.41, 5.74) is 0.241. The van der Waals surface area contributed by atoms with Gasteiger partial charge < -0.3 is 17.7 Å².